The van der Waals surface area contributed by atoms with E-state index in [0.717, 1.165) is 16.3 Å². The topological polar surface area (TPSA) is 64.4 Å². The van der Waals surface area contributed by atoms with Crippen LogP contribution < -0.4 is 9.47 Å². The van der Waals surface area contributed by atoms with Gasteiger partial charge in [0.15, 0.2) is 17.3 Å². The lowest BCUT2D eigenvalue weighted by molar-refractivity contribution is -0.0512. The van der Waals surface area contributed by atoms with Crippen LogP contribution in [0.3, 0.4) is 0 Å². The SMILES string of the molecule is COc1cc(/C=N\n2c(Cc3cccc4ccccc34)n[nH]c2=S)ccc1OC(F)F. The number of aromatic amines is 1. The molecule has 0 aliphatic heterocycles. The van der Waals surface area contributed by atoms with Gasteiger partial charge in [0.2, 0.25) is 4.77 Å². The number of fused-ring (bicyclic) bond motifs is 1. The van der Waals surface area contributed by atoms with Gasteiger partial charge in [-0.25, -0.2) is 0 Å². The molecule has 1 N–H and O–H groups in total. The molecule has 0 bridgehead atoms. The molecule has 6 nitrogen and oxygen atoms in total. The van der Waals surface area contributed by atoms with Crippen LogP contribution in [0.5, 0.6) is 11.5 Å². The second-order valence-corrected chi connectivity index (χ2v) is 6.99. The Balaban J connectivity index is 1.63. The number of methoxy groups -OCH3 is 1. The molecule has 158 valence electrons. The van der Waals surface area contributed by atoms with Gasteiger partial charge in [0.25, 0.3) is 0 Å². The van der Waals surface area contributed by atoms with Crippen LogP contribution in [0.15, 0.2) is 65.8 Å². The van der Waals surface area contributed by atoms with Crippen molar-refractivity contribution in [1.82, 2.24) is 14.9 Å². The molecular formula is C22H18F2N4O2S. The van der Waals surface area contributed by atoms with E-state index in [2.05, 4.69) is 38.2 Å². The molecule has 0 unspecified atom stereocenters. The molecular weight excluding hydrogens is 422 g/mol. The summed E-state index contributed by atoms with van der Waals surface area (Å²) in [6.07, 6.45) is 2.07. The van der Waals surface area contributed by atoms with E-state index in [1.165, 1.54) is 17.9 Å². The number of benzene rings is 3. The molecule has 4 rings (SSSR count). The largest absolute Gasteiger partial charge is 0.493 e. The zero-order valence-electron chi connectivity index (χ0n) is 16.5. The van der Waals surface area contributed by atoms with Gasteiger partial charge < -0.3 is 9.47 Å². The van der Waals surface area contributed by atoms with Gasteiger partial charge in [-0.1, -0.05) is 42.5 Å². The van der Waals surface area contributed by atoms with Crippen molar-refractivity contribution in [2.24, 2.45) is 5.10 Å². The van der Waals surface area contributed by atoms with Gasteiger partial charge >= 0.3 is 6.61 Å². The summed E-state index contributed by atoms with van der Waals surface area (Å²) in [5, 5.41) is 13.8. The molecule has 0 spiro atoms. The highest BCUT2D eigenvalue weighted by molar-refractivity contribution is 7.71. The van der Waals surface area contributed by atoms with Gasteiger partial charge in [0.05, 0.1) is 13.3 Å². The van der Waals surface area contributed by atoms with Gasteiger partial charge in [-0.3, -0.25) is 5.10 Å². The molecule has 1 aromatic heterocycles. The van der Waals surface area contributed by atoms with Crippen molar-refractivity contribution >= 4 is 29.2 Å². The lowest BCUT2D eigenvalue weighted by Crippen LogP contribution is -2.04. The van der Waals surface area contributed by atoms with Crippen LogP contribution in [-0.4, -0.2) is 34.8 Å². The standard InChI is InChI=1S/C22H18F2N4O2S/c1-29-19-11-14(9-10-18(19)30-21(23)24)13-25-28-20(26-27-22(28)31)12-16-7-4-6-15-5-2-3-8-17(15)16/h2-11,13,21H,12H2,1H3,(H,27,31)/b25-13-. The summed E-state index contributed by atoms with van der Waals surface area (Å²) in [5.74, 6) is 0.768. The molecule has 0 aliphatic carbocycles. The van der Waals surface area contributed by atoms with Crippen molar-refractivity contribution in [2.45, 2.75) is 13.0 Å². The first-order chi connectivity index (χ1) is 15.0. The smallest absolute Gasteiger partial charge is 0.387 e. The fourth-order valence-corrected chi connectivity index (χ4v) is 3.46. The maximum absolute atomic E-state index is 12.5. The van der Waals surface area contributed by atoms with Gasteiger partial charge in [-0.05, 0) is 52.3 Å². The van der Waals surface area contributed by atoms with Crippen LogP contribution >= 0.6 is 12.2 Å². The number of H-pyrrole nitrogens is 1. The zero-order valence-corrected chi connectivity index (χ0v) is 17.3. The lowest BCUT2D eigenvalue weighted by Gasteiger charge is -2.10. The highest BCUT2D eigenvalue weighted by atomic mass is 32.1. The lowest BCUT2D eigenvalue weighted by atomic mass is 10.0. The van der Waals surface area contributed by atoms with Crippen LogP contribution in [0.1, 0.15) is 17.0 Å². The third-order valence-electron chi connectivity index (χ3n) is 4.67. The number of nitrogens with zero attached hydrogens (tertiary/aromatic N) is 3. The van der Waals surface area contributed by atoms with Crippen LogP contribution in [0.2, 0.25) is 0 Å². The molecule has 0 saturated heterocycles. The number of rotatable bonds is 7. The summed E-state index contributed by atoms with van der Waals surface area (Å²) < 4.78 is 36.5. The third kappa shape index (κ3) is 4.61. The average molecular weight is 440 g/mol. The van der Waals surface area contributed by atoms with Crippen molar-refractivity contribution in [1.29, 1.82) is 0 Å². The van der Waals surface area contributed by atoms with Crippen LogP contribution in [0.4, 0.5) is 8.78 Å². The van der Waals surface area contributed by atoms with Gasteiger partial charge in [0.1, 0.15) is 0 Å². The highest BCUT2D eigenvalue weighted by Crippen LogP contribution is 2.29. The number of hydrogen-bond donors (Lipinski definition) is 1. The molecule has 0 aliphatic rings. The van der Waals surface area contributed by atoms with E-state index < -0.39 is 6.61 Å². The fraction of sp³-hybridized carbons (Fsp3) is 0.136. The first-order valence-electron chi connectivity index (χ1n) is 9.35. The molecule has 0 radical (unpaired) electrons. The number of aromatic nitrogens is 3. The van der Waals surface area contributed by atoms with E-state index in [1.807, 2.05) is 24.3 Å². The highest BCUT2D eigenvalue weighted by Gasteiger charge is 2.12. The zero-order chi connectivity index (χ0) is 21.8. The maximum atomic E-state index is 12.5. The molecule has 9 heteroatoms. The molecule has 0 saturated carbocycles. The summed E-state index contributed by atoms with van der Waals surface area (Å²) in [4.78, 5) is 0. The van der Waals surface area contributed by atoms with Gasteiger partial charge in [-0.15, -0.1) is 0 Å². The van der Waals surface area contributed by atoms with E-state index in [0.29, 0.717) is 22.6 Å². The van der Waals surface area contributed by atoms with E-state index in [1.54, 1.807) is 18.3 Å². The van der Waals surface area contributed by atoms with E-state index in [9.17, 15) is 8.78 Å². The first kappa shape index (κ1) is 20.7. The predicted octanol–water partition coefficient (Wildman–Crippen LogP) is 5.18. The number of halogens is 2. The minimum absolute atomic E-state index is 0.0498. The molecule has 31 heavy (non-hydrogen) atoms. The quantitative estimate of drug-likeness (QED) is 0.318. The minimum Gasteiger partial charge on any atom is -0.493 e. The van der Waals surface area contributed by atoms with Gasteiger partial charge in [0, 0.05) is 6.42 Å². The Kier molecular flexibility index (Phi) is 6.03. The summed E-state index contributed by atoms with van der Waals surface area (Å²) in [7, 11) is 1.38. The Labute approximate surface area is 181 Å². The normalized spacial score (nSPS) is 11.5. The van der Waals surface area contributed by atoms with E-state index >= 15 is 0 Å². The molecule has 0 amide bonds. The van der Waals surface area contributed by atoms with Crippen molar-refractivity contribution < 1.29 is 18.3 Å². The van der Waals surface area contributed by atoms with Crippen molar-refractivity contribution in [3.05, 3.63) is 82.4 Å². The first-order valence-corrected chi connectivity index (χ1v) is 9.76. The second-order valence-electron chi connectivity index (χ2n) is 6.61. The summed E-state index contributed by atoms with van der Waals surface area (Å²) >= 11 is 5.32. The van der Waals surface area contributed by atoms with Crippen molar-refractivity contribution in [3.8, 4) is 11.5 Å². The maximum Gasteiger partial charge on any atom is 0.387 e. The van der Waals surface area contributed by atoms with Crippen molar-refractivity contribution in [2.75, 3.05) is 7.11 Å². The Morgan fingerprint density at radius 3 is 2.74 bits per heavy atom. The van der Waals surface area contributed by atoms with Crippen molar-refractivity contribution in [3.63, 3.8) is 0 Å². The Morgan fingerprint density at radius 1 is 1.13 bits per heavy atom. The molecule has 1 heterocycles. The Bertz CT molecular complexity index is 1290. The van der Waals surface area contributed by atoms with Crippen LogP contribution in [0.25, 0.3) is 10.8 Å². The molecule has 0 fully saturated rings. The number of nitrogens with one attached hydrogen (secondary N) is 1. The number of ether oxygens (including phenoxy) is 2. The van der Waals surface area contributed by atoms with E-state index in [4.69, 9.17) is 17.0 Å². The summed E-state index contributed by atoms with van der Waals surface area (Å²) in [6.45, 7) is -2.94. The summed E-state index contributed by atoms with van der Waals surface area (Å²) in [5.41, 5.74) is 1.72. The minimum atomic E-state index is -2.94. The molecule has 0 atom stereocenters. The van der Waals surface area contributed by atoms with Gasteiger partial charge in [-0.2, -0.15) is 23.7 Å². The molecule has 4 aromatic rings. The monoisotopic (exact) mass is 440 g/mol. The third-order valence-corrected chi connectivity index (χ3v) is 4.94. The average Bonchev–Trinajstić information content (AvgIpc) is 3.12. The number of hydrogen-bond acceptors (Lipinski definition) is 5. The van der Waals surface area contributed by atoms with Crippen LogP contribution in [-0.2, 0) is 6.42 Å². The Morgan fingerprint density at radius 2 is 1.94 bits per heavy atom. The Hall–Kier alpha value is -3.59. The number of alkyl halides is 2. The second kappa shape index (κ2) is 9.05. The molecule has 3 aromatic carbocycles. The van der Waals surface area contributed by atoms with Crippen LogP contribution in [0, 0.1) is 4.77 Å². The summed E-state index contributed by atoms with van der Waals surface area (Å²) in [6, 6.07) is 18.8. The fourth-order valence-electron chi connectivity index (χ4n) is 3.26. The predicted molar refractivity (Wildman–Crippen MR) is 117 cm³/mol. The van der Waals surface area contributed by atoms with E-state index in [-0.39, 0.29) is 11.5 Å².